The van der Waals surface area contributed by atoms with Gasteiger partial charge in [-0.25, -0.2) is 4.98 Å². The number of nitrogens with zero attached hydrogens (tertiary/aromatic N) is 1. The van der Waals surface area contributed by atoms with E-state index in [0.29, 0.717) is 0 Å². The first-order valence-corrected chi connectivity index (χ1v) is 5.74. The van der Waals surface area contributed by atoms with E-state index in [1.165, 1.54) is 11.9 Å². The number of aromatic nitrogens is 2. The quantitative estimate of drug-likeness (QED) is 0.859. The van der Waals surface area contributed by atoms with Gasteiger partial charge in [-0.05, 0) is 12.8 Å². The van der Waals surface area contributed by atoms with Crippen molar-refractivity contribution in [2.45, 2.75) is 26.7 Å². The van der Waals surface area contributed by atoms with Crippen LogP contribution in [-0.4, -0.2) is 9.97 Å². The van der Waals surface area contributed by atoms with Crippen molar-refractivity contribution in [3.05, 3.63) is 52.1 Å². The Morgan fingerprint density at radius 1 is 1.18 bits per heavy atom. The standard InChI is InChI=1S/C14H16N2O/c1-9(2)12-13(15-8-16-14(12)17)11-6-4-10(3)5-7-11/h4-9H,1-3H3,(H,15,16,17). The van der Waals surface area contributed by atoms with E-state index in [2.05, 4.69) is 9.97 Å². The van der Waals surface area contributed by atoms with Gasteiger partial charge >= 0.3 is 0 Å². The maximum atomic E-state index is 11.8. The number of aromatic amines is 1. The Hall–Kier alpha value is -1.90. The topological polar surface area (TPSA) is 45.8 Å². The average molecular weight is 228 g/mol. The summed E-state index contributed by atoms with van der Waals surface area (Å²) >= 11 is 0. The van der Waals surface area contributed by atoms with Gasteiger partial charge in [-0.2, -0.15) is 0 Å². The molecule has 17 heavy (non-hydrogen) atoms. The minimum atomic E-state index is -0.0504. The van der Waals surface area contributed by atoms with Gasteiger partial charge in [0.2, 0.25) is 0 Å². The molecule has 1 aromatic carbocycles. The Kier molecular flexibility index (Phi) is 3.09. The molecule has 0 amide bonds. The van der Waals surface area contributed by atoms with Crippen LogP contribution in [0.15, 0.2) is 35.4 Å². The van der Waals surface area contributed by atoms with Crippen molar-refractivity contribution < 1.29 is 0 Å². The second-order valence-electron chi connectivity index (χ2n) is 4.51. The SMILES string of the molecule is Cc1ccc(-c2nc[nH]c(=O)c2C(C)C)cc1. The zero-order valence-electron chi connectivity index (χ0n) is 10.3. The van der Waals surface area contributed by atoms with Crippen LogP contribution in [0.4, 0.5) is 0 Å². The number of hydrogen-bond acceptors (Lipinski definition) is 2. The molecule has 0 fully saturated rings. The first-order chi connectivity index (χ1) is 8.09. The summed E-state index contributed by atoms with van der Waals surface area (Å²) < 4.78 is 0. The predicted molar refractivity (Wildman–Crippen MR) is 69.1 cm³/mol. The van der Waals surface area contributed by atoms with E-state index in [4.69, 9.17) is 0 Å². The first kappa shape index (κ1) is 11.6. The Morgan fingerprint density at radius 2 is 1.82 bits per heavy atom. The summed E-state index contributed by atoms with van der Waals surface area (Å²) in [7, 11) is 0. The predicted octanol–water partition coefficient (Wildman–Crippen LogP) is 2.87. The Morgan fingerprint density at radius 3 is 2.41 bits per heavy atom. The van der Waals surface area contributed by atoms with Crippen LogP contribution in [0.1, 0.15) is 30.9 Å². The third-order valence-corrected chi connectivity index (χ3v) is 2.79. The number of nitrogens with one attached hydrogen (secondary N) is 1. The van der Waals surface area contributed by atoms with Gasteiger partial charge in [0.05, 0.1) is 12.0 Å². The van der Waals surface area contributed by atoms with Crippen molar-refractivity contribution in [2.75, 3.05) is 0 Å². The van der Waals surface area contributed by atoms with E-state index in [1.54, 1.807) is 0 Å². The van der Waals surface area contributed by atoms with Crippen LogP contribution in [0, 0.1) is 6.92 Å². The first-order valence-electron chi connectivity index (χ1n) is 5.74. The molecule has 0 radical (unpaired) electrons. The van der Waals surface area contributed by atoms with E-state index < -0.39 is 0 Å². The minimum absolute atomic E-state index is 0.0504. The van der Waals surface area contributed by atoms with Crippen molar-refractivity contribution in [1.82, 2.24) is 9.97 Å². The number of rotatable bonds is 2. The summed E-state index contributed by atoms with van der Waals surface area (Å²) in [6, 6.07) is 8.07. The molecule has 88 valence electrons. The highest BCUT2D eigenvalue weighted by Crippen LogP contribution is 2.24. The van der Waals surface area contributed by atoms with E-state index in [0.717, 1.165) is 16.8 Å². The van der Waals surface area contributed by atoms with E-state index in [1.807, 2.05) is 45.0 Å². The fourth-order valence-corrected chi connectivity index (χ4v) is 1.89. The molecular formula is C14H16N2O. The summed E-state index contributed by atoms with van der Waals surface area (Å²) in [5, 5.41) is 0. The van der Waals surface area contributed by atoms with Crippen molar-refractivity contribution in [3.8, 4) is 11.3 Å². The summed E-state index contributed by atoms with van der Waals surface area (Å²) in [6.07, 6.45) is 1.46. The van der Waals surface area contributed by atoms with Gasteiger partial charge in [-0.3, -0.25) is 4.79 Å². The van der Waals surface area contributed by atoms with Crippen LogP contribution in [-0.2, 0) is 0 Å². The number of hydrogen-bond donors (Lipinski definition) is 1. The highest BCUT2D eigenvalue weighted by atomic mass is 16.1. The minimum Gasteiger partial charge on any atom is -0.313 e. The van der Waals surface area contributed by atoms with Crippen LogP contribution in [0.3, 0.4) is 0 Å². The van der Waals surface area contributed by atoms with E-state index >= 15 is 0 Å². The third-order valence-electron chi connectivity index (χ3n) is 2.79. The molecule has 0 saturated heterocycles. The van der Waals surface area contributed by atoms with Crippen molar-refractivity contribution in [3.63, 3.8) is 0 Å². The van der Waals surface area contributed by atoms with Crippen LogP contribution < -0.4 is 5.56 Å². The van der Waals surface area contributed by atoms with Crippen LogP contribution in [0.25, 0.3) is 11.3 Å². The molecule has 0 bridgehead atoms. The molecule has 0 aliphatic heterocycles. The second kappa shape index (κ2) is 4.53. The zero-order valence-corrected chi connectivity index (χ0v) is 10.3. The van der Waals surface area contributed by atoms with E-state index in [9.17, 15) is 4.79 Å². The van der Waals surface area contributed by atoms with Gasteiger partial charge < -0.3 is 4.98 Å². The number of H-pyrrole nitrogens is 1. The fourth-order valence-electron chi connectivity index (χ4n) is 1.89. The molecule has 1 heterocycles. The molecule has 3 heteroatoms. The van der Waals surface area contributed by atoms with E-state index in [-0.39, 0.29) is 11.5 Å². The van der Waals surface area contributed by atoms with Gasteiger partial charge in [0.15, 0.2) is 0 Å². The lowest BCUT2D eigenvalue weighted by Gasteiger charge is -2.10. The summed E-state index contributed by atoms with van der Waals surface area (Å²) in [4.78, 5) is 18.8. The number of benzene rings is 1. The highest BCUT2D eigenvalue weighted by Gasteiger charge is 2.13. The molecule has 0 atom stereocenters. The molecule has 2 rings (SSSR count). The molecule has 0 unspecified atom stereocenters. The third kappa shape index (κ3) is 2.28. The molecule has 3 nitrogen and oxygen atoms in total. The van der Waals surface area contributed by atoms with Crippen LogP contribution >= 0.6 is 0 Å². The molecule has 0 spiro atoms. The van der Waals surface area contributed by atoms with Crippen LogP contribution in [0.2, 0.25) is 0 Å². The molecule has 1 N–H and O–H groups in total. The highest BCUT2D eigenvalue weighted by molar-refractivity contribution is 5.63. The Balaban J connectivity index is 2.63. The van der Waals surface area contributed by atoms with Crippen molar-refractivity contribution in [1.29, 1.82) is 0 Å². The summed E-state index contributed by atoms with van der Waals surface area (Å²) in [5.41, 5.74) is 3.67. The lowest BCUT2D eigenvalue weighted by Crippen LogP contribution is -2.16. The summed E-state index contributed by atoms with van der Waals surface area (Å²) in [5.74, 6) is 0.156. The van der Waals surface area contributed by atoms with Gasteiger partial charge in [0, 0.05) is 11.1 Å². The molecular weight excluding hydrogens is 212 g/mol. The largest absolute Gasteiger partial charge is 0.313 e. The normalized spacial score (nSPS) is 10.8. The molecule has 0 saturated carbocycles. The number of aryl methyl sites for hydroxylation is 1. The summed E-state index contributed by atoms with van der Waals surface area (Å²) in [6.45, 7) is 6.05. The zero-order chi connectivity index (χ0) is 12.4. The lowest BCUT2D eigenvalue weighted by atomic mass is 9.98. The molecule has 1 aromatic heterocycles. The van der Waals surface area contributed by atoms with Gasteiger partial charge in [-0.15, -0.1) is 0 Å². The smallest absolute Gasteiger partial charge is 0.254 e. The van der Waals surface area contributed by atoms with Crippen molar-refractivity contribution >= 4 is 0 Å². The van der Waals surface area contributed by atoms with Crippen LogP contribution in [0.5, 0.6) is 0 Å². The average Bonchev–Trinajstić information content (AvgIpc) is 2.29. The fraction of sp³-hybridized carbons (Fsp3) is 0.286. The molecule has 2 aromatic rings. The molecule has 0 aliphatic rings. The lowest BCUT2D eigenvalue weighted by molar-refractivity contribution is 0.833. The second-order valence-corrected chi connectivity index (χ2v) is 4.51. The van der Waals surface area contributed by atoms with Gasteiger partial charge in [0.25, 0.3) is 5.56 Å². The Labute approximate surface area is 101 Å². The van der Waals surface area contributed by atoms with Crippen molar-refractivity contribution in [2.24, 2.45) is 0 Å². The monoisotopic (exact) mass is 228 g/mol. The van der Waals surface area contributed by atoms with Gasteiger partial charge in [0.1, 0.15) is 0 Å². The van der Waals surface area contributed by atoms with Gasteiger partial charge in [-0.1, -0.05) is 43.7 Å². The maximum absolute atomic E-state index is 11.8. The maximum Gasteiger partial charge on any atom is 0.254 e. The Bertz CT molecular complexity index is 568. The molecule has 0 aliphatic carbocycles.